The summed E-state index contributed by atoms with van der Waals surface area (Å²) in [6, 6.07) is 4.86. The molecular formula is C16H23ClN2O2Si. The van der Waals surface area contributed by atoms with Crippen LogP contribution in [0.3, 0.4) is 0 Å². The fraction of sp³-hybridized carbons (Fsp3) is 0.500. The Morgan fingerprint density at radius 1 is 1.41 bits per heavy atom. The summed E-state index contributed by atoms with van der Waals surface area (Å²) in [6.45, 7) is 10.1. The Hall–Kier alpha value is -1.17. The molecule has 0 fully saturated rings. The lowest BCUT2D eigenvalue weighted by Crippen LogP contribution is -2.21. The first-order valence-electron chi connectivity index (χ1n) is 7.48. The van der Waals surface area contributed by atoms with Gasteiger partial charge in [0.25, 0.3) is 0 Å². The molecule has 0 aliphatic heterocycles. The van der Waals surface area contributed by atoms with Gasteiger partial charge in [-0.2, -0.15) is 0 Å². The first-order chi connectivity index (χ1) is 10.3. The van der Waals surface area contributed by atoms with E-state index in [2.05, 4.69) is 24.6 Å². The molecule has 0 bridgehead atoms. The standard InChI is InChI=1S/C16H23ClN2O2Si/c1-12(20)10-19-13(11-21-7-8-22(2,3)4)9-14-15(17)5-6-18-16(14)19/h5-6,9H,7-8,10-11H2,1-4H3. The van der Waals surface area contributed by atoms with Crippen LogP contribution in [0.1, 0.15) is 12.6 Å². The van der Waals surface area contributed by atoms with Crippen molar-refractivity contribution in [1.82, 2.24) is 9.55 Å². The smallest absolute Gasteiger partial charge is 0.149 e. The van der Waals surface area contributed by atoms with Gasteiger partial charge in [-0.1, -0.05) is 31.2 Å². The summed E-state index contributed by atoms with van der Waals surface area (Å²) in [4.78, 5) is 15.9. The monoisotopic (exact) mass is 338 g/mol. The van der Waals surface area contributed by atoms with Gasteiger partial charge < -0.3 is 9.30 Å². The van der Waals surface area contributed by atoms with Crippen LogP contribution in [0.15, 0.2) is 18.3 Å². The molecule has 0 spiro atoms. The molecule has 2 aromatic rings. The second-order valence-corrected chi connectivity index (χ2v) is 12.8. The molecule has 0 unspecified atom stereocenters. The van der Waals surface area contributed by atoms with Crippen molar-refractivity contribution in [2.75, 3.05) is 6.61 Å². The zero-order chi connectivity index (χ0) is 16.3. The van der Waals surface area contributed by atoms with Gasteiger partial charge in [0.15, 0.2) is 0 Å². The van der Waals surface area contributed by atoms with Crippen molar-refractivity contribution < 1.29 is 9.53 Å². The van der Waals surface area contributed by atoms with Gasteiger partial charge in [0.2, 0.25) is 0 Å². The van der Waals surface area contributed by atoms with Crippen molar-refractivity contribution in [2.45, 2.75) is 45.8 Å². The lowest BCUT2D eigenvalue weighted by atomic mass is 10.3. The van der Waals surface area contributed by atoms with Crippen LogP contribution in [0.2, 0.25) is 30.7 Å². The Bertz CT molecular complexity index is 677. The van der Waals surface area contributed by atoms with Crippen molar-refractivity contribution in [3.05, 3.63) is 29.0 Å². The number of carbonyl (C=O) groups excluding carboxylic acids is 1. The largest absolute Gasteiger partial charge is 0.376 e. The summed E-state index contributed by atoms with van der Waals surface area (Å²) < 4.78 is 7.72. The van der Waals surface area contributed by atoms with Crippen molar-refractivity contribution in [1.29, 1.82) is 0 Å². The molecule has 0 amide bonds. The Morgan fingerprint density at radius 3 is 2.77 bits per heavy atom. The van der Waals surface area contributed by atoms with E-state index in [1.807, 2.05) is 10.6 Å². The minimum Gasteiger partial charge on any atom is -0.376 e. The number of fused-ring (bicyclic) bond motifs is 1. The number of nitrogens with zero attached hydrogens (tertiary/aromatic N) is 2. The SMILES string of the molecule is CC(=O)Cn1c(COCC[Si](C)(C)C)cc2c(Cl)ccnc21. The molecule has 120 valence electrons. The van der Waals surface area contributed by atoms with Crippen molar-refractivity contribution in [3.63, 3.8) is 0 Å². The highest BCUT2D eigenvalue weighted by atomic mass is 35.5. The number of Topliss-reactive ketones (excluding diaryl/α,β-unsaturated/α-hetero) is 1. The highest BCUT2D eigenvalue weighted by Crippen LogP contribution is 2.26. The predicted molar refractivity (Wildman–Crippen MR) is 93.2 cm³/mol. The van der Waals surface area contributed by atoms with Crippen molar-refractivity contribution >= 4 is 36.5 Å². The van der Waals surface area contributed by atoms with Crippen LogP contribution < -0.4 is 0 Å². The van der Waals surface area contributed by atoms with Crippen LogP contribution in [0.25, 0.3) is 11.0 Å². The summed E-state index contributed by atoms with van der Waals surface area (Å²) in [6.07, 6.45) is 1.66. The van der Waals surface area contributed by atoms with Gasteiger partial charge in [0, 0.05) is 32.0 Å². The normalized spacial score (nSPS) is 12.0. The topological polar surface area (TPSA) is 44.1 Å². The van der Waals surface area contributed by atoms with Gasteiger partial charge in [0.1, 0.15) is 11.4 Å². The molecule has 6 heteroatoms. The third-order valence-electron chi connectivity index (χ3n) is 3.46. The van der Waals surface area contributed by atoms with Crippen molar-refractivity contribution in [3.8, 4) is 0 Å². The Labute approximate surface area is 137 Å². The zero-order valence-corrected chi connectivity index (χ0v) is 15.4. The van der Waals surface area contributed by atoms with E-state index in [9.17, 15) is 4.79 Å². The first kappa shape index (κ1) is 17.2. The van der Waals surface area contributed by atoms with E-state index in [1.54, 1.807) is 19.2 Å². The Kier molecular flexibility index (Phi) is 5.42. The molecule has 0 saturated carbocycles. The molecule has 0 aliphatic carbocycles. The van der Waals surface area contributed by atoms with Crippen LogP contribution in [0, 0.1) is 0 Å². The molecule has 0 aromatic carbocycles. The maximum absolute atomic E-state index is 11.5. The third-order valence-corrected chi connectivity index (χ3v) is 5.49. The van der Waals surface area contributed by atoms with E-state index in [1.165, 1.54) is 0 Å². The Balaban J connectivity index is 2.20. The van der Waals surface area contributed by atoms with E-state index in [0.29, 0.717) is 18.2 Å². The molecule has 0 atom stereocenters. The van der Waals surface area contributed by atoms with Gasteiger partial charge in [-0.15, -0.1) is 0 Å². The fourth-order valence-corrected chi connectivity index (χ4v) is 3.19. The number of ketones is 1. The van der Waals surface area contributed by atoms with E-state index in [4.69, 9.17) is 16.3 Å². The number of hydrogen-bond acceptors (Lipinski definition) is 3. The second kappa shape index (κ2) is 6.94. The number of hydrogen-bond donors (Lipinski definition) is 0. The average Bonchev–Trinajstić information content (AvgIpc) is 2.73. The van der Waals surface area contributed by atoms with E-state index >= 15 is 0 Å². The summed E-state index contributed by atoms with van der Waals surface area (Å²) in [7, 11) is -1.10. The summed E-state index contributed by atoms with van der Waals surface area (Å²) in [5.41, 5.74) is 1.69. The van der Waals surface area contributed by atoms with E-state index in [-0.39, 0.29) is 5.78 Å². The maximum atomic E-state index is 11.5. The summed E-state index contributed by atoms with van der Waals surface area (Å²) in [5, 5.41) is 1.52. The molecule has 0 radical (unpaired) electrons. The Morgan fingerprint density at radius 2 is 2.14 bits per heavy atom. The van der Waals surface area contributed by atoms with Gasteiger partial charge in [-0.3, -0.25) is 4.79 Å². The van der Waals surface area contributed by atoms with Crippen LogP contribution in [-0.4, -0.2) is 30.0 Å². The van der Waals surface area contributed by atoms with Gasteiger partial charge >= 0.3 is 0 Å². The third kappa shape index (κ3) is 4.41. The molecule has 2 heterocycles. The molecule has 4 nitrogen and oxygen atoms in total. The zero-order valence-electron chi connectivity index (χ0n) is 13.6. The maximum Gasteiger partial charge on any atom is 0.149 e. The van der Waals surface area contributed by atoms with Crippen LogP contribution in [0.4, 0.5) is 0 Å². The molecule has 0 saturated heterocycles. The molecular weight excluding hydrogens is 316 g/mol. The van der Waals surface area contributed by atoms with E-state index in [0.717, 1.165) is 29.4 Å². The number of rotatable bonds is 7. The van der Waals surface area contributed by atoms with Crippen LogP contribution >= 0.6 is 11.6 Å². The quantitative estimate of drug-likeness (QED) is 0.563. The summed E-state index contributed by atoms with van der Waals surface area (Å²) >= 11 is 6.23. The lowest BCUT2D eigenvalue weighted by molar-refractivity contribution is -0.117. The van der Waals surface area contributed by atoms with Crippen LogP contribution in [-0.2, 0) is 22.7 Å². The number of aromatic nitrogens is 2. The van der Waals surface area contributed by atoms with E-state index < -0.39 is 8.07 Å². The molecule has 2 aromatic heterocycles. The highest BCUT2D eigenvalue weighted by molar-refractivity contribution is 6.76. The second-order valence-electron chi connectivity index (χ2n) is 6.82. The first-order valence-corrected chi connectivity index (χ1v) is 11.6. The number of carbonyl (C=O) groups is 1. The summed E-state index contributed by atoms with van der Waals surface area (Å²) in [5.74, 6) is 0.0858. The molecule has 0 N–H and O–H groups in total. The highest BCUT2D eigenvalue weighted by Gasteiger charge is 2.15. The molecule has 0 aliphatic rings. The number of halogens is 1. The minimum absolute atomic E-state index is 0.0858. The van der Waals surface area contributed by atoms with Gasteiger partial charge in [-0.05, 0) is 25.1 Å². The van der Waals surface area contributed by atoms with Crippen LogP contribution in [0.5, 0.6) is 0 Å². The van der Waals surface area contributed by atoms with Crippen molar-refractivity contribution in [2.24, 2.45) is 0 Å². The number of pyridine rings is 1. The minimum atomic E-state index is -1.10. The molecule has 22 heavy (non-hydrogen) atoms. The lowest BCUT2D eigenvalue weighted by Gasteiger charge is -2.15. The fourth-order valence-electron chi connectivity index (χ4n) is 2.24. The van der Waals surface area contributed by atoms with Gasteiger partial charge in [-0.25, -0.2) is 4.98 Å². The number of ether oxygens (including phenoxy) is 1. The molecule has 2 rings (SSSR count). The average molecular weight is 339 g/mol. The van der Waals surface area contributed by atoms with Gasteiger partial charge in [0.05, 0.1) is 18.2 Å². The predicted octanol–water partition coefficient (Wildman–Crippen LogP) is 4.13.